The maximum Gasteiger partial charge on any atom is 0.129 e. The molecule has 3 heteroatoms. The van der Waals surface area contributed by atoms with Gasteiger partial charge in [0.1, 0.15) is 5.75 Å². The number of hydrogen-bond donors (Lipinski definition) is 1. The number of aromatic hydroxyl groups is 1. The van der Waals surface area contributed by atoms with Crippen molar-refractivity contribution in [3.63, 3.8) is 0 Å². The third-order valence-electron chi connectivity index (χ3n) is 1.21. The highest BCUT2D eigenvalue weighted by atomic mass is 79.9. The molecule has 1 rings (SSSR count). The van der Waals surface area contributed by atoms with Crippen LogP contribution in [0.5, 0.6) is 5.75 Å². The van der Waals surface area contributed by atoms with E-state index in [0.29, 0.717) is 5.75 Å². The van der Waals surface area contributed by atoms with Crippen LogP contribution in [0.1, 0.15) is 0 Å². The lowest BCUT2D eigenvalue weighted by Gasteiger charge is -1.96. The Labute approximate surface area is 70.3 Å². The van der Waals surface area contributed by atoms with Crippen LogP contribution in [0.4, 0.5) is 0 Å². The van der Waals surface area contributed by atoms with Crippen LogP contribution in [0.15, 0.2) is 22.7 Å². The lowest BCUT2D eigenvalue weighted by Crippen LogP contribution is -2.04. The van der Waals surface area contributed by atoms with Gasteiger partial charge < -0.3 is 5.11 Å². The second kappa shape index (κ2) is 3.12. The van der Waals surface area contributed by atoms with Gasteiger partial charge in [0.05, 0.1) is 4.47 Å². The van der Waals surface area contributed by atoms with Gasteiger partial charge in [0.2, 0.25) is 0 Å². The first kappa shape index (κ1) is 7.69. The van der Waals surface area contributed by atoms with Gasteiger partial charge in [-0.1, -0.05) is 6.07 Å². The molecular formula is C7H7BrOSi. The van der Waals surface area contributed by atoms with E-state index in [1.54, 1.807) is 6.07 Å². The summed E-state index contributed by atoms with van der Waals surface area (Å²) in [4.78, 5) is 0. The first-order valence-corrected chi connectivity index (χ1v) is 5.03. The minimum Gasteiger partial charge on any atom is -0.507 e. The molecule has 0 aliphatic carbocycles. The fourth-order valence-electron chi connectivity index (χ4n) is 0.657. The van der Waals surface area contributed by atoms with Gasteiger partial charge in [-0.2, -0.15) is 0 Å². The molecule has 0 aromatic heterocycles. The zero-order valence-corrected chi connectivity index (χ0v) is 8.08. The number of benzene rings is 1. The standard InChI is InChI=1S/C7H7BrOSi/c1-10-5-2-3-6(8)7(9)4-5/h2-4,9-10H,1H2. The average molecular weight is 215 g/mol. The molecule has 0 bridgehead atoms. The maximum atomic E-state index is 9.17. The van der Waals surface area contributed by atoms with Crippen LogP contribution >= 0.6 is 15.9 Å². The van der Waals surface area contributed by atoms with Crippen molar-refractivity contribution < 1.29 is 5.11 Å². The quantitative estimate of drug-likeness (QED) is 0.682. The minimum atomic E-state index is 0.0575. The van der Waals surface area contributed by atoms with Crippen molar-refractivity contribution in [2.45, 2.75) is 0 Å². The van der Waals surface area contributed by atoms with Gasteiger partial charge in [0, 0.05) is 9.13 Å². The van der Waals surface area contributed by atoms with E-state index in [4.69, 9.17) is 5.11 Å². The fourth-order valence-corrected chi connectivity index (χ4v) is 1.41. The number of halogens is 1. The van der Waals surface area contributed by atoms with Gasteiger partial charge >= 0.3 is 0 Å². The maximum absolute atomic E-state index is 9.17. The molecule has 0 radical (unpaired) electrons. The molecule has 0 heterocycles. The summed E-state index contributed by atoms with van der Waals surface area (Å²) in [5.74, 6) is 0.300. The van der Waals surface area contributed by atoms with Crippen molar-refractivity contribution in [3.8, 4) is 5.75 Å². The molecule has 0 fully saturated rings. The number of hydrogen-bond acceptors (Lipinski definition) is 1. The molecule has 0 aliphatic heterocycles. The topological polar surface area (TPSA) is 20.2 Å². The van der Waals surface area contributed by atoms with Crippen LogP contribution in [0.3, 0.4) is 0 Å². The smallest absolute Gasteiger partial charge is 0.129 e. The molecule has 0 unspecified atom stereocenters. The second-order valence-electron chi connectivity index (χ2n) is 1.91. The molecule has 0 aliphatic rings. The number of phenols is 1. The van der Waals surface area contributed by atoms with E-state index in [2.05, 4.69) is 22.1 Å². The van der Waals surface area contributed by atoms with E-state index in [-0.39, 0.29) is 9.13 Å². The Bertz CT molecular complexity index is 260. The minimum absolute atomic E-state index is 0.0575. The SMILES string of the molecule is C=[SiH]c1ccc(Br)c(O)c1. The van der Waals surface area contributed by atoms with Crippen molar-refractivity contribution in [2.75, 3.05) is 0 Å². The third kappa shape index (κ3) is 1.55. The Hall–Kier alpha value is -0.413. The molecule has 0 saturated carbocycles. The monoisotopic (exact) mass is 214 g/mol. The van der Waals surface area contributed by atoms with Crippen molar-refractivity contribution in [1.82, 2.24) is 0 Å². The first-order chi connectivity index (χ1) is 4.74. The van der Waals surface area contributed by atoms with Crippen LogP contribution < -0.4 is 5.19 Å². The molecule has 0 saturated heterocycles. The molecule has 1 N–H and O–H groups in total. The summed E-state index contributed by atoms with van der Waals surface area (Å²) in [5, 5.41) is 10.3. The van der Waals surface area contributed by atoms with E-state index in [0.717, 1.165) is 9.66 Å². The van der Waals surface area contributed by atoms with Crippen LogP contribution in [0.2, 0.25) is 0 Å². The van der Waals surface area contributed by atoms with Crippen molar-refractivity contribution >= 4 is 36.4 Å². The summed E-state index contributed by atoms with van der Waals surface area (Å²) in [5.41, 5.74) is 0. The molecule has 1 nitrogen and oxygen atoms in total. The van der Waals surface area contributed by atoms with E-state index >= 15 is 0 Å². The van der Waals surface area contributed by atoms with Crippen LogP contribution in [-0.4, -0.2) is 20.4 Å². The lowest BCUT2D eigenvalue weighted by molar-refractivity contribution is 0.472. The normalized spacial score (nSPS) is 9.30. The fraction of sp³-hybridized carbons (Fsp3) is 0. The molecule has 0 spiro atoms. The molecule has 1 aromatic carbocycles. The Morgan fingerprint density at radius 3 is 2.70 bits per heavy atom. The largest absolute Gasteiger partial charge is 0.507 e. The Morgan fingerprint density at radius 2 is 2.20 bits per heavy atom. The summed E-state index contributed by atoms with van der Waals surface area (Å²) in [7, 11) is 0.0575. The second-order valence-corrected chi connectivity index (χ2v) is 3.84. The van der Waals surface area contributed by atoms with E-state index in [1.165, 1.54) is 0 Å². The number of phenolic OH excluding ortho intramolecular Hbond substituents is 1. The predicted octanol–water partition coefficient (Wildman–Crippen LogP) is 0.648. The highest BCUT2D eigenvalue weighted by Gasteiger charge is 1.94. The van der Waals surface area contributed by atoms with Crippen molar-refractivity contribution in [2.24, 2.45) is 0 Å². The molecular weight excluding hydrogens is 208 g/mol. The van der Waals surface area contributed by atoms with E-state index < -0.39 is 0 Å². The van der Waals surface area contributed by atoms with Gasteiger partial charge in [0.25, 0.3) is 0 Å². The Kier molecular flexibility index (Phi) is 2.40. The summed E-state index contributed by atoms with van der Waals surface area (Å²) in [6.45, 7) is 0. The van der Waals surface area contributed by atoms with E-state index in [1.807, 2.05) is 12.1 Å². The zero-order valence-electron chi connectivity index (χ0n) is 5.34. The summed E-state index contributed by atoms with van der Waals surface area (Å²) >= 11 is 3.20. The summed E-state index contributed by atoms with van der Waals surface area (Å²) < 4.78 is 0.740. The summed E-state index contributed by atoms with van der Waals surface area (Å²) in [6.07, 6.45) is 3.78. The predicted molar refractivity (Wildman–Crippen MR) is 49.7 cm³/mol. The van der Waals surface area contributed by atoms with Crippen LogP contribution in [-0.2, 0) is 0 Å². The third-order valence-corrected chi connectivity index (χ3v) is 2.71. The van der Waals surface area contributed by atoms with Crippen LogP contribution in [0.25, 0.3) is 0 Å². The van der Waals surface area contributed by atoms with Gasteiger partial charge in [0.15, 0.2) is 0 Å². The van der Waals surface area contributed by atoms with Gasteiger partial charge in [-0.15, -0.1) is 6.17 Å². The molecule has 10 heavy (non-hydrogen) atoms. The van der Waals surface area contributed by atoms with Gasteiger partial charge in [-0.05, 0) is 33.2 Å². The van der Waals surface area contributed by atoms with Gasteiger partial charge in [-0.25, -0.2) is 0 Å². The number of rotatable bonds is 1. The molecule has 52 valence electrons. The highest BCUT2D eigenvalue weighted by Crippen LogP contribution is 2.20. The lowest BCUT2D eigenvalue weighted by atomic mass is 10.3. The molecule has 1 aromatic rings. The van der Waals surface area contributed by atoms with Gasteiger partial charge in [-0.3, -0.25) is 0 Å². The summed E-state index contributed by atoms with van der Waals surface area (Å²) in [6, 6.07) is 5.54. The van der Waals surface area contributed by atoms with Crippen molar-refractivity contribution in [1.29, 1.82) is 0 Å². The molecule has 0 atom stereocenters. The first-order valence-electron chi connectivity index (χ1n) is 2.85. The Balaban J connectivity index is 3.16. The highest BCUT2D eigenvalue weighted by molar-refractivity contribution is 9.10. The molecule has 0 amide bonds. The zero-order chi connectivity index (χ0) is 7.56. The van der Waals surface area contributed by atoms with E-state index in [9.17, 15) is 0 Å². The van der Waals surface area contributed by atoms with Crippen molar-refractivity contribution in [3.05, 3.63) is 22.7 Å². The Morgan fingerprint density at radius 1 is 1.50 bits per heavy atom. The average Bonchev–Trinajstić information content (AvgIpc) is 1.95. The van der Waals surface area contributed by atoms with Crippen LogP contribution in [0, 0.1) is 0 Å².